The van der Waals surface area contributed by atoms with Crippen molar-refractivity contribution >= 4 is 12.0 Å². The summed E-state index contributed by atoms with van der Waals surface area (Å²) < 4.78 is 6.93. The summed E-state index contributed by atoms with van der Waals surface area (Å²) >= 11 is 0. The smallest absolute Gasteiger partial charge is 0.361 e. The molecule has 29 heavy (non-hydrogen) atoms. The Morgan fingerprint density at radius 1 is 1.17 bits per heavy atom. The van der Waals surface area contributed by atoms with Gasteiger partial charge in [0.1, 0.15) is 5.60 Å². The van der Waals surface area contributed by atoms with Crippen LogP contribution in [0.5, 0.6) is 0 Å². The normalized spacial score (nSPS) is 19.0. The van der Waals surface area contributed by atoms with Crippen molar-refractivity contribution in [2.45, 2.75) is 58.3 Å². The van der Waals surface area contributed by atoms with Crippen molar-refractivity contribution in [3.8, 4) is 0 Å². The first kappa shape index (κ1) is 19.4. The molecule has 3 heterocycles. The number of ether oxygens (including phenoxy) is 1. The summed E-state index contributed by atoms with van der Waals surface area (Å²) in [6, 6.07) is 8.68. The maximum Gasteiger partial charge on any atom is 0.361 e. The van der Waals surface area contributed by atoms with Gasteiger partial charge in [-0.2, -0.15) is 0 Å². The monoisotopic (exact) mass is 397 g/mol. The van der Waals surface area contributed by atoms with Crippen LogP contribution in [0.3, 0.4) is 0 Å². The number of benzene rings is 1. The SMILES string of the molecule is CC(C)(C)OC(=O)c1cn(Cc2ccc(CN3CC4CCCN4C3=O)cc2)nn1. The van der Waals surface area contributed by atoms with E-state index in [4.69, 9.17) is 4.74 Å². The Hall–Kier alpha value is -2.90. The van der Waals surface area contributed by atoms with Gasteiger partial charge in [-0.1, -0.05) is 29.5 Å². The first-order valence-electron chi connectivity index (χ1n) is 10.1. The Balaban J connectivity index is 1.34. The van der Waals surface area contributed by atoms with Gasteiger partial charge in [-0.15, -0.1) is 5.10 Å². The van der Waals surface area contributed by atoms with Crippen LogP contribution >= 0.6 is 0 Å². The van der Waals surface area contributed by atoms with Crippen LogP contribution in [-0.2, 0) is 17.8 Å². The number of hydrogen-bond donors (Lipinski definition) is 0. The van der Waals surface area contributed by atoms with Crippen LogP contribution in [0.2, 0.25) is 0 Å². The third-order valence-corrected chi connectivity index (χ3v) is 5.21. The van der Waals surface area contributed by atoms with Gasteiger partial charge in [0.2, 0.25) is 0 Å². The summed E-state index contributed by atoms with van der Waals surface area (Å²) in [6.45, 7) is 8.31. The average Bonchev–Trinajstić information content (AvgIpc) is 3.35. The third kappa shape index (κ3) is 4.41. The summed E-state index contributed by atoms with van der Waals surface area (Å²) in [4.78, 5) is 28.4. The van der Waals surface area contributed by atoms with Gasteiger partial charge < -0.3 is 14.5 Å². The highest BCUT2D eigenvalue weighted by Gasteiger charge is 2.39. The van der Waals surface area contributed by atoms with Gasteiger partial charge in [0.15, 0.2) is 5.69 Å². The molecule has 1 aromatic heterocycles. The molecule has 1 unspecified atom stereocenters. The van der Waals surface area contributed by atoms with E-state index in [1.807, 2.05) is 54.8 Å². The lowest BCUT2D eigenvalue weighted by atomic mass is 10.1. The fraction of sp³-hybridized carbons (Fsp3) is 0.524. The number of hydrogen-bond acceptors (Lipinski definition) is 5. The summed E-state index contributed by atoms with van der Waals surface area (Å²) in [5.41, 5.74) is 1.78. The molecule has 154 valence electrons. The standard InChI is InChI=1S/C21H27N5O3/c1-21(2,3)29-19(27)18-14-25(23-22-18)12-16-8-6-15(7-9-16)11-24-13-17-5-4-10-26(17)20(24)28/h6-9,14,17H,4-5,10-13H2,1-3H3. The average molecular weight is 397 g/mol. The molecular formula is C21H27N5O3. The van der Waals surface area contributed by atoms with Crippen molar-refractivity contribution in [2.24, 2.45) is 0 Å². The fourth-order valence-electron chi connectivity index (χ4n) is 3.88. The van der Waals surface area contributed by atoms with Gasteiger partial charge in [-0.3, -0.25) is 0 Å². The van der Waals surface area contributed by atoms with Gasteiger partial charge >= 0.3 is 12.0 Å². The van der Waals surface area contributed by atoms with E-state index in [0.717, 1.165) is 37.1 Å². The molecule has 2 fully saturated rings. The van der Waals surface area contributed by atoms with Crippen molar-refractivity contribution in [3.05, 3.63) is 47.3 Å². The number of esters is 1. The van der Waals surface area contributed by atoms with E-state index < -0.39 is 11.6 Å². The molecule has 2 amide bonds. The Morgan fingerprint density at radius 3 is 2.52 bits per heavy atom. The summed E-state index contributed by atoms with van der Waals surface area (Å²) in [7, 11) is 0. The topological polar surface area (TPSA) is 80.6 Å². The van der Waals surface area contributed by atoms with Crippen LogP contribution in [0, 0.1) is 0 Å². The molecule has 0 aliphatic carbocycles. The Morgan fingerprint density at radius 2 is 1.86 bits per heavy atom. The highest BCUT2D eigenvalue weighted by molar-refractivity contribution is 5.87. The zero-order chi connectivity index (χ0) is 20.6. The lowest BCUT2D eigenvalue weighted by Crippen LogP contribution is -2.31. The van der Waals surface area contributed by atoms with Gasteiger partial charge in [0.05, 0.1) is 18.8 Å². The number of carbonyl (C=O) groups excluding carboxylic acids is 2. The molecule has 2 aliphatic rings. The number of aromatic nitrogens is 3. The van der Waals surface area contributed by atoms with Gasteiger partial charge in [0, 0.05) is 19.6 Å². The van der Waals surface area contributed by atoms with E-state index in [1.165, 1.54) is 0 Å². The third-order valence-electron chi connectivity index (χ3n) is 5.21. The van der Waals surface area contributed by atoms with Crippen LogP contribution in [0.1, 0.15) is 55.2 Å². The largest absolute Gasteiger partial charge is 0.455 e. The molecule has 8 heteroatoms. The Labute approximate surface area is 170 Å². The number of carbonyl (C=O) groups is 2. The van der Waals surface area contributed by atoms with E-state index in [1.54, 1.807) is 10.9 Å². The summed E-state index contributed by atoms with van der Waals surface area (Å²) in [5.74, 6) is -0.477. The molecule has 4 rings (SSSR count). The van der Waals surface area contributed by atoms with E-state index in [0.29, 0.717) is 19.1 Å². The fourth-order valence-corrected chi connectivity index (χ4v) is 3.88. The zero-order valence-corrected chi connectivity index (χ0v) is 17.2. The Kier molecular flexibility index (Phi) is 5.02. The summed E-state index contributed by atoms with van der Waals surface area (Å²) in [6.07, 6.45) is 3.83. The van der Waals surface area contributed by atoms with E-state index >= 15 is 0 Å². The Bertz CT molecular complexity index is 900. The number of nitrogens with zero attached hydrogens (tertiary/aromatic N) is 5. The molecule has 0 N–H and O–H groups in total. The first-order valence-corrected chi connectivity index (χ1v) is 10.1. The number of fused-ring (bicyclic) bond motifs is 1. The molecule has 0 saturated carbocycles. The highest BCUT2D eigenvalue weighted by atomic mass is 16.6. The van der Waals surface area contributed by atoms with Gasteiger partial charge in [-0.25, -0.2) is 14.3 Å². The minimum Gasteiger partial charge on any atom is -0.455 e. The van der Waals surface area contributed by atoms with Crippen molar-refractivity contribution in [1.29, 1.82) is 0 Å². The van der Waals surface area contributed by atoms with Crippen molar-refractivity contribution in [1.82, 2.24) is 24.8 Å². The van der Waals surface area contributed by atoms with Crippen LogP contribution in [-0.4, -0.2) is 61.5 Å². The maximum atomic E-state index is 12.4. The van der Waals surface area contributed by atoms with Gasteiger partial charge in [-0.05, 0) is 44.7 Å². The van der Waals surface area contributed by atoms with E-state index in [-0.39, 0.29) is 11.7 Å². The van der Waals surface area contributed by atoms with E-state index in [9.17, 15) is 9.59 Å². The van der Waals surface area contributed by atoms with Crippen LogP contribution in [0.25, 0.3) is 0 Å². The quantitative estimate of drug-likeness (QED) is 0.725. The predicted octanol–water partition coefficient (Wildman–Crippen LogP) is 2.68. The number of amides is 2. The molecule has 8 nitrogen and oxygen atoms in total. The second-order valence-corrected chi connectivity index (χ2v) is 8.77. The van der Waals surface area contributed by atoms with Crippen molar-refractivity contribution in [2.75, 3.05) is 13.1 Å². The maximum absolute atomic E-state index is 12.4. The molecule has 2 aromatic rings. The van der Waals surface area contributed by atoms with Crippen LogP contribution < -0.4 is 0 Å². The molecule has 1 atom stereocenters. The molecule has 2 aliphatic heterocycles. The molecular weight excluding hydrogens is 370 g/mol. The molecule has 2 saturated heterocycles. The van der Waals surface area contributed by atoms with Crippen molar-refractivity contribution < 1.29 is 14.3 Å². The lowest BCUT2D eigenvalue weighted by molar-refractivity contribution is 0.00626. The molecule has 0 bridgehead atoms. The van der Waals surface area contributed by atoms with Crippen molar-refractivity contribution in [3.63, 3.8) is 0 Å². The minimum absolute atomic E-state index is 0.161. The lowest BCUT2D eigenvalue weighted by Gasteiger charge is -2.18. The minimum atomic E-state index is -0.566. The first-order chi connectivity index (χ1) is 13.8. The second kappa shape index (κ2) is 7.50. The number of urea groups is 1. The highest BCUT2D eigenvalue weighted by Crippen LogP contribution is 2.27. The number of rotatable bonds is 5. The van der Waals surface area contributed by atoms with E-state index in [2.05, 4.69) is 10.3 Å². The molecule has 1 aromatic carbocycles. The second-order valence-electron chi connectivity index (χ2n) is 8.77. The molecule has 0 spiro atoms. The predicted molar refractivity (Wildman–Crippen MR) is 106 cm³/mol. The van der Waals surface area contributed by atoms with Gasteiger partial charge in [0.25, 0.3) is 0 Å². The summed E-state index contributed by atoms with van der Waals surface area (Å²) in [5, 5.41) is 7.93. The zero-order valence-electron chi connectivity index (χ0n) is 17.2. The molecule has 0 radical (unpaired) electrons. The van der Waals surface area contributed by atoms with Crippen LogP contribution in [0.15, 0.2) is 30.5 Å². The van der Waals surface area contributed by atoms with Crippen LogP contribution in [0.4, 0.5) is 4.79 Å².